The van der Waals surface area contributed by atoms with E-state index in [1.807, 2.05) is 23.1 Å². The largest absolute Gasteiger partial charge is 0.476 e. The first-order chi connectivity index (χ1) is 14.6. The van der Waals surface area contributed by atoms with E-state index < -0.39 is 5.97 Å². The van der Waals surface area contributed by atoms with Crippen LogP contribution in [0, 0.1) is 5.41 Å². The third-order valence-corrected chi connectivity index (χ3v) is 7.16. The summed E-state index contributed by atoms with van der Waals surface area (Å²) in [6, 6.07) is 10.1. The number of ether oxygens (including phenoxy) is 1. The molecule has 1 saturated carbocycles. The maximum atomic E-state index is 13.3. The zero-order chi connectivity index (χ0) is 20.7. The fourth-order valence-corrected chi connectivity index (χ4v) is 5.53. The number of benzene rings is 1. The summed E-state index contributed by atoms with van der Waals surface area (Å²) in [6.45, 7) is 3.05. The zero-order valence-corrected chi connectivity index (χ0v) is 17.0. The highest BCUT2D eigenvalue weighted by Gasteiger charge is 2.49. The smallest absolute Gasteiger partial charge is 0.356 e. The highest BCUT2D eigenvalue weighted by Crippen LogP contribution is 2.50. The van der Waals surface area contributed by atoms with E-state index in [0.29, 0.717) is 26.3 Å². The van der Waals surface area contributed by atoms with Gasteiger partial charge in [-0.05, 0) is 43.6 Å². The minimum absolute atomic E-state index is 0.128. The normalized spacial score (nSPS) is 26.2. The monoisotopic (exact) mass is 409 g/mol. The average molecular weight is 409 g/mol. The summed E-state index contributed by atoms with van der Waals surface area (Å²) < 4.78 is 7.39. The molecule has 1 N–H and O–H groups in total. The second-order valence-corrected chi connectivity index (χ2v) is 8.81. The maximum Gasteiger partial charge on any atom is 0.356 e. The number of amides is 1. The SMILES string of the molecule is O=C(O)c1nn2c(c1C1CCC3(CC1)CCN(Cc1ccccc1)C3=O)COCC2. The summed E-state index contributed by atoms with van der Waals surface area (Å²) in [4.78, 5) is 27.1. The van der Waals surface area contributed by atoms with Gasteiger partial charge in [0.2, 0.25) is 5.91 Å². The number of carboxylic acids is 1. The number of carbonyl (C=O) groups excluding carboxylic acids is 1. The van der Waals surface area contributed by atoms with Gasteiger partial charge in [-0.3, -0.25) is 9.48 Å². The molecule has 0 atom stereocenters. The van der Waals surface area contributed by atoms with Gasteiger partial charge in [-0.15, -0.1) is 0 Å². The fraction of sp³-hybridized carbons (Fsp3) is 0.522. The first kappa shape index (κ1) is 19.3. The Morgan fingerprint density at radius 1 is 1.17 bits per heavy atom. The highest BCUT2D eigenvalue weighted by atomic mass is 16.5. The van der Waals surface area contributed by atoms with Gasteiger partial charge in [0.25, 0.3) is 0 Å². The highest BCUT2D eigenvalue weighted by molar-refractivity contribution is 5.88. The Labute approximate surface area is 175 Å². The van der Waals surface area contributed by atoms with Crippen molar-refractivity contribution in [3.8, 4) is 0 Å². The van der Waals surface area contributed by atoms with Crippen molar-refractivity contribution in [1.29, 1.82) is 0 Å². The van der Waals surface area contributed by atoms with Crippen LogP contribution in [-0.2, 0) is 29.2 Å². The lowest BCUT2D eigenvalue weighted by atomic mass is 9.67. The Hall–Kier alpha value is -2.67. The standard InChI is InChI=1S/C23H27N3O4/c27-21(28)20-19(18-15-30-13-12-26(18)24-20)17-6-8-23(9-7-17)10-11-25(22(23)29)14-16-4-2-1-3-5-16/h1-5,17H,6-15H2,(H,27,28). The molecule has 1 aromatic carbocycles. The number of aromatic carboxylic acids is 1. The molecular weight excluding hydrogens is 382 g/mol. The van der Waals surface area contributed by atoms with Crippen molar-refractivity contribution in [1.82, 2.24) is 14.7 Å². The van der Waals surface area contributed by atoms with Gasteiger partial charge < -0.3 is 14.7 Å². The summed E-state index contributed by atoms with van der Waals surface area (Å²) in [5.74, 6) is -0.579. The van der Waals surface area contributed by atoms with Crippen molar-refractivity contribution in [2.45, 2.75) is 57.7 Å². The van der Waals surface area contributed by atoms with Gasteiger partial charge in [-0.25, -0.2) is 4.79 Å². The number of aromatic nitrogens is 2. The van der Waals surface area contributed by atoms with Gasteiger partial charge in [0.15, 0.2) is 5.69 Å². The van der Waals surface area contributed by atoms with Gasteiger partial charge in [0, 0.05) is 18.7 Å². The molecule has 1 spiro atoms. The van der Waals surface area contributed by atoms with Crippen LogP contribution in [0.4, 0.5) is 0 Å². The molecule has 3 aliphatic rings. The molecule has 2 aliphatic heterocycles. The van der Waals surface area contributed by atoms with Crippen LogP contribution in [0.3, 0.4) is 0 Å². The van der Waals surface area contributed by atoms with Gasteiger partial charge in [0.1, 0.15) is 0 Å². The molecule has 2 aromatic rings. The molecule has 1 saturated heterocycles. The molecule has 7 nitrogen and oxygen atoms in total. The summed E-state index contributed by atoms with van der Waals surface area (Å²) in [5, 5.41) is 14.0. The van der Waals surface area contributed by atoms with Crippen LogP contribution in [0.5, 0.6) is 0 Å². The Balaban J connectivity index is 1.32. The third kappa shape index (κ3) is 3.21. The van der Waals surface area contributed by atoms with E-state index in [9.17, 15) is 14.7 Å². The van der Waals surface area contributed by atoms with Gasteiger partial charge in [-0.2, -0.15) is 5.10 Å². The summed E-state index contributed by atoms with van der Waals surface area (Å²) in [6.07, 6.45) is 4.17. The maximum absolute atomic E-state index is 13.3. The molecule has 1 amide bonds. The molecule has 158 valence electrons. The molecule has 2 fully saturated rings. The number of carbonyl (C=O) groups is 2. The molecule has 0 radical (unpaired) electrons. The van der Waals surface area contributed by atoms with Crippen LogP contribution in [0.1, 0.15) is 65.3 Å². The Morgan fingerprint density at radius 3 is 2.67 bits per heavy atom. The van der Waals surface area contributed by atoms with Crippen LogP contribution in [-0.4, -0.2) is 44.8 Å². The van der Waals surface area contributed by atoms with E-state index in [4.69, 9.17) is 4.74 Å². The second-order valence-electron chi connectivity index (χ2n) is 8.81. The number of likely N-dealkylation sites (tertiary alicyclic amines) is 1. The van der Waals surface area contributed by atoms with Crippen LogP contribution in [0.2, 0.25) is 0 Å². The van der Waals surface area contributed by atoms with Crippen molar-refractivity contribution in [2.75, 3.05) is 13.2 Å². The van der Waals surface area contributed by atoms with E-state index in [1.165, 1.54) is 0 Å². The fourth-order valence-electron chi connectivity index (χ4n) is 5.53. The zero-order valence-electron chi connectivity index (χ0n) is 17.0. The molecule has 0 bridgehead atoms. The first-order valence-electron chi connectivity index (χ1n) is 10.8. The van der Waals surface area contributed by atoms with Crippen molar-refractivity contribution in [3.05, 3.63) is 52.8 Å². The molecule has 1 aromatic heterocycles. The van der Waals surface area contributed by atoms with Crippen LogP contribution in [0.25, 0.3) is 0 Å². The molecule has 7 heteroatoms. The minimum Gasteiger partial charge on any atom is -0.476 e. The number of fused-ring (bicyclic) bond motifs is 1. The van der Waals surface area contributed by atoms with Crippen molar-refractivity contribution in [2.24, 2.45) is 5.41 Å². The third-order valence-electron chi connectivity index (χ3n) is 7.16. The molecule has 30 heavy (non-hydrogen) atoms. The van der Waals surface area contributed by atoms with Crippen molar-refractivity contribution < 1.29 is 19.4 Å². The minimum atomic E-state index is -0.974. The van der Waals surface area contributed by atoms with Crippen LogP contribution >= 0.6 is 0 Å². The molecule has 0 unspecified atom stereocenters. The first-order valence-corrected chi connectivity index (χ1v) is 10.8. The van der Waals surface area contributed by atoms with E-state index >= 15 is 0 Å². The summed E-state index contributed by atoms with van der Waals surface area (Å²) >= 11 is 0. The lowest BCUT2D eigenvalue weighted by Gasteiger charge is -2.36. The average Bonchev–Trinajstić information content (AvgIpc) is 3.30. The number of hydrogen-bond acceptors (Lipinski definition) is 4. The van der Waals surface area contributed by atoms with Crippen LogP contribution < -0.4 is 0 Å². The Kier molecular flexibility index (Phi) is 4.85. The van der Waals surface area contributed by atoms with Gasteiger partial charge in [-0.1, -0.05) is 30.3 Å². The van der Waals surface area contributed by atoms with Crippen molar-refractivity contribution >= 4 is 11.9 Å². The number of hydrogen-bond donors (Lipinski definition) is 1. The number of carboxylic acid groups (broad SMARTS) is 1. The number of nitrogens with zero attached hydrogens (tertiary/aromatic N) is 3. The summed E-state index contributed by atoms with van der Waals surface area (Å²) in [7, 11) is 0. The summed E-state index contributed by atoms with van der Waals surface area (Å²) in [5.41, 5.74) is 2.79. The van der Waals surface area contributed by atoms with E-state index in [0.717, 1.165) is 55.5 Å². The molecule has 3 heterocycles. The quantitative estimate of drug-likeness (QED) is 0.838. The molecular formula is C23H27N3O4. The van der Waals surface area contributed by atoms with E-state index in [1.54, 1.807) is 4.68 Å². The van der Waals surface area contributed by atoms with Crippen molar-refractivity contribution in [3.63, 3.8) is 0 Å². The predicted molar refractivity (Wildman–Crippen MR) is 109 cm³/mol. The topological polar surface area (TPSA) is 84.7 Å². The van der Waals surface area contributed by atoms with Gasteiger partial charge >= 0.3 is 5.97 Å². The predicted octanol–water partition coefficient (Wildman–Crippen LogP) is 3.19. The molecule has 5 rings (SSSR count). The second kappa shape index (κ2) is 7.54. The Bertz CT molecular complexity index is 960. The molecule has 1 aliphatic carbocycles. The lowest BCUT2D eigenvalue weighted by molar-refractivity contribution is -0.138. The van der Waals surface area contributed by atoms with E-state index in [-0.39, 0.29) is 22.9 Å². The van der Waals surface area contributed by atoms with Crippen LogP contribution in [0.15, 0.2) is 30.3 Å². The Morgan fingerprint density at radius 2 is 1.93 bits per heavy atom. The lowest BCUT2D eigenvalue weighted by Crippen LogP contribution is -2.37. The van der Waals surface area contributed by atoms with E-state index in [2.05, 4.69) is 17.2 Å². The number of rotatable bonds is 4. The van der Waals surface area contributed by atoms with Gasteiger partial charge in [0.05, 0.1) is 30.9 Å².